The fraction of sp³-hybridized carbons (Fsp3) is 0.533. The van der Waals surface area contributed by atoms with Gasteiger partial charge in [-0.15, -0.1) is 11.8 Å². The maximum Gasteiger partial charge on any atom is 0.319 e. The molecule has 0 spiro atoms. The van der Waals surface area contributed by atoms with E-state index in [2.05, 4.69) is 17.6 Å². The molecule has 1 aromatic rings. The van der Waals surface area contributed by atoms with Crippen molar-refractivity contribution in [2.75, 3.05) is 17.6 Å². The average Bonchev–Trinajstić information content (AvgIpc) is 2.84. The van der Waals surface area contributed by atoms with Crippen LogP contribution in [0.5, 0.6) is 0 Å². The average molecular weight is 294 g/mol. The third kappa shape index (κ3) is 4.15. The Hall–Kier alpha value is -1.20. The molecule has 2 rings (SSSR count). The zero-order chi connectivity index (χ0) is 14.4. The van der Waals surface area contributed by atoms with Crippen LogP contribution in [0, 0.1) is 5.92 Å². The van der Waals surface area contributed by atoms with Gasteiger partial charge >= 0.3 is 6.03 Å². The van der Waals surface area contributed by atoms with Gasteiger partial charge in [-0.05, 0) is 30.7 Å². The summed E-state index contributed by atoms with van der Waals surface area (Å²) >= 11 is 1.71. The van der Waals surface area contributed by atoms with E-state index >= 15 is 0 Å². The van der Waals surface area contributed by atoms with Crippen LogP contribution in [-0.2, 0) is 0 Å². The number of thioether (sulfide) groups is 1. The number of carbonyl (C=O) groups is 1. The highest BCUT2D eigenvalue weighted by molar-refractivity contribution is 7.99. The number of para-hydroxylation sites is 1. The Bertz CT molecular complexity index is 453. The fourth-order valence-corrected chi connectivity index (χ4v) is 3.26. The zero-order valence-corrected chi connectivity index (χ0v) is 12.6. The molecule has 0 bridgehead atoms. The Morgan fingerprint density at radius 2 is 2.20 bits per heavy atom. The molecule has 0 saturated heterocycles. The van der Waals surface area contributed by atoms with Gasteiger partial charge in [-0.2, -0.15) is 0 Å². The van der Waals surface area contributed by atoms with Gasteiger partial charge in [0, 0.05) is 17.4 Å². The lowest BCUT2D eigenvalue weighted by atomic mass is 10.1. The van der Waals surface area contributed by atoms with Crippen molar-refractivity contribution in [3.8, 4) is 0 Å². The molecule has 2 atom stereocenters. The molecule has 5 heteroatoms. The third-order valence-electron chi connectivity index (χ3n) is 3.58. The number of nitrogens with one attached hydrogen (secondary N) is 2. The summed E-state index contributed by atoms with van der Waals surface area (Å²) in [6, 6.07) is 7.59. The number of hydrogen-bond donors (Lipinski definition) is 3. The molecule has 3 N–H and O–H groups in total. The minimum Gasteiger partial charge on any atom is -0.393 e. The predicted octanol–water partition coefficient (Wildman–Crippen LogP) is 3.08. The van der Waals surface area contributed by atoms with E-state index in [0.29, 0.717) is 6.54 Å². The summed E-state index contributed by atoms with van der Waals surface area (Å²) in [7, 11) is 0. The van der Waals surface area contributed by atoms with E-state index in [1.165, 1.54) is 0 Å². The van der Waals surface area contributed by atoms with Gasteiger partial charge in [0.25, 0.3) is 0 Å². The molecule has 1 aliphatic rings. The summed E-state index contributed by atoms with van der Waals surface area (Å²) in [5.41, 5.74) is 0.837. The summed E-state index contributed by atoms with van der Waals surface area (Å²) in [5.74, 6) is 1.16. The Morgan fingerprint density at radius 3 is 2.90 bits per heavy atom. The first-order valence-corrected chi connectivity index (χ1v) is 8.14. The Labute approximate surface area is 124 Å². The predicted molar refractivity (Wildman–Crippen MR) is 83.2 cm³/mol. The van der Waals surface area contributed by atoms with Crippen molar-refractivity contribution < 1.29 is 9.90 Å². The van der Waals surface area contributed by atoms with E-state index < -0.39 is 0 Å². The Morgan fingerprint density at radius 1 is 1.40 bits per heavy atom. The zero-order valence-electron chi connectivity index (χ0n) is 11.8. The molecule has 4 nitrogen and oxygen atoms in total. The van der Waals surface area contributed by atoms with Crippen molar-refractivity contribution in [2.24, 2.45) is 5.92 Å². The van der Waals surface area contributed by atoms with Crippen molar-refractivity contribution in [3.63, 3.8) is 0 Å². The summed E-state index contributed by atoms with van der Waals surface area (Å²) < 4.78 is 0. The largest absolute Gasteiger partial charge is 0.393 e. The smallest absolute Gasteiger partial charge is 0.319 e. The molecule has 0 aromatic heterocycles. The van der Waals surface area contributed by atoms with Gasteiger partial charge in [0.05, 0.1) is 11.8 Å². The van der Waals surface area contributed by atoms with E-state index in [1.807, 2.05) is 24.3 Å². The first-order valence-electron chi connectivity index (χ1n) is 7.15. The SMILES string of the molecule is CCSc1ccccc1NC(=O)NC[C@H]1CCC[C@@H]1O. The number of aliphatic hydroxyl groups excluding tert-OH is 1. The number of amides is 2. The summed E-state index contributed by atoms with van der Waals surface area (Å²) in [6.07, 6.45) is 2.62. The molecule has 1 aliphatic carbocycles. The van der Waals surface area contributed by atoms with Gasteiger partial charge < -0.3 is 15.7 Å². The van der Waals surface area contributed by atoms with E-state index in [1.54, 1.807) is 11.8 Å². The second-order valence-electron chi connectivity index (χ2n) is 5.02. The standard InChI is InChI=1S/C15H22N2O2S/c1-2-20-14-9-4-3-7-12(14)17-15(19)16-10-11-6-5-8-13(11)18/h3-4,7,9,11,13,18H,2,5-6,8,10H2,1H3,(H2,16,17,19)/t11-,13+/m1/s1. The number of hydrogen-bond acceptors (Lipinski definition) is 3. The molecular formula is C15H22N2O2S. The second-order valence-corrected chi connectivity index (χ2v) is 6.33. The summed E-state index contributed by atoms with van der Waals surface area (Å²) in [6.45, 7) is 2.62. The van der Waals surface area contributed by atoms with Crippen molar-refractivity contribution in [1.82, 2.24) is 5.32 Å². The molecule has 1 aromatic carbocycles. The molecule has 0 aliphatic heterocycles. The van der Waals surface area contributed by atoms with Crippen LogP contribution in [0.15, 0.2) is 29.2 Å². The van der Waals surface area contributed by atoms with Gasteiger partial charge in [-0.1, -0.05) is 25.5 Å². The van der Waals surface area contributed by atoms with E-state index in [9.17, 15) is 9.90 Å². The number of urea groups is 1. The van der Waals surface area contributed by atoms with Crippen molar-refractivity contribution >= 4 is 23.5 Å². The van der Waals surface area contributed by atoms with Crippen LogP contribution in [0.4, 0.5) is 10.5 Å². The maximum absolute atomic E-state index is 11.9. The van der Waals surface area contributed by atoms with E-state index in [4.69, 9.17) is 0 Å². The number of benzene rings is 1. The van der Waals surface area contributed by atoms with Crippen LogP contribution >= 0.6 is 11.8 Å². The molecule has 110 valence electrons. The molecule has 0 heterocycles. The van der Waals surface area contributed by atoms with Crippen LogP contribution in [0.1, 0.15) is 26.2 Å². The highest BCUT2D eigenvalue weighted by atomic mass is 32.2. The second kappa shape index (κ2) is 7.55. The number of carbonyl (C=O) groups excluding carboxylic acids is 1. The normalized spacial score (nSPS) is 21.7. The third-order valence-corrected chi connectivity index (χ3v) is 4.53. The van der Waals surface area contributed by atoms with Gasteiger partial charge in [0.1, 0.15) is 0 Å². The van der Waals surface area contributed by atoms with Crippen molar-refractivity contribution in [3.05, 3.63) is 24.3 Å². The minimum atomic E-state index is -0.266. The van der Waals surface area contributed by atoms with Crippen molar-refractivity contribution in [1.29, 1.82) is 0 Å². The molecule has 0 radical (unpaired) electrons. The fourth-order valence-electron chi connectivity index (χ4n) is 2.50. The van der Waals surface area contributed by atoms with Gasteiger partial charge in [-0.3, -0.25) is 0 Å². The van der Waals surface area contributed by atoms with Crippen LogP contribution in [-0.4, -0.2) is 29.5 Å². The molecule has 0 unspecified atom stereocenters. The maximum atomic E-state index is 11.9. The highest BCUT2D eigenvalue weighted by Gasteiger charge is 2.25. The monoisotopic (exact) mass is 294 g/mol. The minimum absolute atomic E-state index is 0.195. The van der Waals surface area contributed by atoms with Crippen LogP contribution in [0.25, 0.3) is 0 Å². The van der Waals surface area contributed by atoms with E-state index in [-0.39, 0.29) is 18.1 Å². The van der Waals surface area contributed by atoms with Gasteiger partial charge in [0.15, 0.2) is 0 Å². The van der Waals surface area contributed by atoms with Gasteiger partial charge in [-0.25, -0.2) is 4.79 Å². The topological polar surface area (TPSA) is 61.4 Å². The van der Waals surface area contributed by atoms with Crippen LogP contribution < -0.4 is 10.6 Å². The Kier molecular flexibility index (Phi) is 5.73. The first-order chi connectivity index (χ1) is 9.70. The molecule has 20 heavy (non-hydrogen) atoms. The van der Waals surface area contributed by atoms with Crippen LogP contribution in [0.3, 0.4) is 0 Å². The lowest BCUT2D eigenvalue weighted by molar-refractivity contribution is 0.133. The Balaban J connectivity index is 1.85. The van der Waals surface area contributed by atoms with Crippen molar-refractivity contribution in [2.45, 2.75) is 37.2 Å². The quantitative estimate of drug-likeness (QED) is 0.731. The lowest BCUT2D eigenvalue weighted by Crippen LogP contribution is -2.35. The summed E-state index contributed by atoms with van der Waals surface area (Å²) in [5, 5.41) is 15.5. The number of anilines is 1. The number of rotatable bonds is 5. The molecule has 1 fully saturated rings. The van der Waals surface area contributed by atoms with Gasteiger partial charge in [0.2, 0.25) is 0 Å². The summed E-state index contributed by atoms with van der Waals surface area (Å²) in [4.78, 5) is 13.0. The molecule has 2 amide bonds. The molecular weight excluding hydrogens is 272 g/mol. The molecule has 1 saturated carbocycles. The van der Waals surface area contributed by atoms with Crippen LogP contribution in [0.2, 0.25) is 0 Å². The highest BCUT2D eigenvalue weighted by Crippen LogP contribution is 2.27. The van der Waals surface area contributed by atoms with E-state index in [0.717, 1.165) is 35.6 Å². The number of aliphatic hydroxyl groups is 1. The first kappa shape index (κ1) is 15.2. The lowest BCUT2D eigenvalue weighted by Gasteiger charge is -2.16.